The second-order valence-corrected chi connectivity index (χ2v) is 8.73. The van der Waals surface area contributed by atoms with Gasteiger partial charge < -0.3 is 5.32 Å². The maximum absolute atomic E-state index is 12.7. The van der Waals surface area contributed by atoms with Gasteiger partial charge in [-0.3, -0.25) is 4.79 Å². The van der Waals surface area contributed by atoms with Crippen LogP contribution in [0.4, 0.5) is 5.69 Å². The van der Waals surface area contributed by atoms with Crippen LogP contribution in [0, 0.1) is 0 Å². The van der Waals surface area contributed by atoms with E-state index in [4.69, 9.17) is 33.3 Å². The van der Waals surface area contributed by atoms with Crippen LogP contribution in [0.1, 0.15) is 10.4 Å². The highest BCUT2D eigenvalue weighted by molar-refractivity contribution is 6.34. The highest BCUT2D eigenvalue weighted by atomic mass is 35.5. The summed E-state index contributed by atoms with van der Waals surface area (Å²) in [7, 11) is 0. The monoisotopic (exact) mass is 482 g/mol. The van der Waals surface area contributed by atoms with Gasteiger partial charge >= 0.3 is 0 Å². The summed E-state index contributed by atoms with van der Waals surface area (Å²) in [4.78, 5) is 17.6. The molecule has 0 fully saturated rings. The SMILES string of the molecule is O=C(Nc1ccc2c(c1)nc1c3ccccc3c(-c3ccc(Cl)cc3)nn21)c1ccccc1Cl. The van der Waals surface area contributed by atoms with Crippen molar-refractivity contribution in [3.63, 3.8) is 0 Å². The number of hydrogen-bond acceptors (Lipinski definition) is 3. The van der Waals surface area contributed by atoms with Crippen LogP contribution in [0.15, 0.2) is 91.0 Å². The highest BCUT2D eigenvalue weighted by Crippen LogP contribution is 2.32. The lowest BCUT2D eigenvalue weighted by Crippen LogP contribution is -2.12. The summed E-state index contributed by atoms with van der Waals surface area (Å²) < 4.78 is 1.85. The summed E-state index contributed by atoms with van der Waals surface area (Å²) in [5.41, 5.74) is 5.16. The molecule has 0 aliphatic heterocycles. The second kappa shape index (κ2) is 8.13. The molecule has 0 radical (unpaired) electrons. The molecule has 0 unspecified atom stereocenters. The molecule has 34 heavy (non-hydrogen) atoms. The van der Waals surface area contributed by atoms with E-state index in [-0.39, 0.29) is 5.91 Å². The number of benzene rings is 4. The van der Waals surface area contributed by atoms with E-state index in [9.17, 15) is 4.79 Å². The van der Waals surface area contributed by atoms with Gasteiger partial charge in [-0.1, -0.05) is 71.7 Å². The van der Waals surface area contributed by atoms with Crippen molar-refractivity contribution in [3.05, 3.63) is 107 Å². The quantitative estimate of drug-likeness (QED) is 0.288. The second-order valence-electron chi connectivity index (χ2n) is 7.89. The lowest BCUT2D eigenvalue weighted by atomic mass is 10.1. The van der Waals surface area contributed by atoms with Crippen molar-refractivity contribution in [1.82, 2.24) is 14.6 Å². The normalized spacial score (nSPS) is 11.4. The molecule has 7 heteroatoms. The van der Waals surface area contributed by atoms with Gasteiger partial charge in [0, 0.05) is 27.0 Å². The molecule has 0 bridgehead atoms. The van der Waals surface area contributed by atoms with Crippen LogP contribution in [0.2, 0.25) is 10.0 Å². The van der Waals surface area contributed by atoms with Gasteiger partial charge in [0.1, 0.15) is 0 Å². The van der Waals surface area contributed by atoms with Gasteiger partial charge in [0.2, 0.25) is 0 Å². The smallest absolute Gasteiger partial charge is 0.257 e. The Kier molecular flexibility index (Phi) is 4.94. The van der Waals surface area contributed by atoms with Crippen molar-refractivity contribution in [1.29, 1.82) is 0 Å². The summed E-state index contributed by atoms with van der Waals surface area (Å²) in [6.07, 6.45) is 0. The topological polar surface area (TPSA) is 59.3 Å². The van der Waals surface area contributed by atoms with Crippen LogP contribution in [0.25, 0.3) is 38.7 Å². The maximum Gasteiger partial charge on any atom is 0.257 e. The predicted molar refractivity (Wildman–Crippen MR) is 138 cm³/mol. The molecule has 0 aliphatic rings. The van der Waals surface area contributed by atoms with Crippen LogP contribution in [0.5, 0.6) is 0 Å². The molecule has 2 heterocycles. The van der Waals surface area contributed by atoms with Gasteiger partial charge in [-0.15, -0.1) is 0 Å². The highest BCUT2D eigenvalue weighted by Gasteiger charge is 2.16. The number of anilines is 1. The molecular weight excluding hydrogens is 467 g/mol. The molecule has 6 aromatic rings. The Balaban J connectivity index is 1.50. The van der Waals surface area contributed by atoms with Crippen molar-refractivity contribution in [2.24, 2.45) is 0 Å². The molecule has 1 amide bonds. The van der Waals surface area contributed by atoms with Gasteiger partial charge in [0.25, 0.3) is 5.91 Å². The summed E-state index contributed by atoms with van der Waals surface area (Å²) in [5, 5.41) is 10.9. The van der Waals surface area contributed by atoms with Crippen LogP contribution < -0.4 is 5.32 Å². The molecule has 4 aromatic carbocycles. The van der Waals surface area contributed by atoms with Crippen molar-refractivity contribution >= 4 is 62.2 Å². The van der Waals surface area contributed by atoms with E-state index < -0.39 is 0 Å². The Morgan fingerprint density at radius 1 is 0.824 bits per heavy atom. The molecule has 0 spiro atoms. The van der Waals surface area contributed by atoms with Crippen molar-refractivity contribution < 1.29 is 4.79 Å². The summed E-state index contributed by atoms with van der Waals surface area (Å²) >= 11 is 12.3. The zero-order valence-electron chi connectivity index (χ0n) is 17.7. The molecular formula is C27H16Cl2N4O. The van der Waals surface area contributed by atoms with Crippen molar-refractivity contribution in [2.45, 2.75) is 0 Å². The van der Waals surface area contributed by atoms with Gasteiger partial charge in [-0.05, 0) is 42.5 Å². The standard InChI is InChI=1S/C27H16Cl2N4O/c28-17-11-9-16(10-12-17)25-19-5-1-2-6-20(19)26-31-23-15-18(13-14-24(23)33(26)32-25)30-27(34)21-7-3-4-8-22(21)29/h1-15H,(H,30,34). The average Bonchev–Trinajstić information content (AvgIpc) is 3.22. The molecule has 5 nitrogen and oxygen atoms in total. The van der Waals surface area contributed by atoms with E-state index in [1.54, 1.807) is 24.3 Å². The Labute approximate surface area is 204 Å². The fourth-order valence-electron chi connectivity index (χ4n) is 4.12. The first-order chi connectivity index (χ1) is 16.6. The van der Waals surface area contributed by atoms with Crippen LogP contribution in [-0.4, -0.2) is 20.5 Å². The molecule has 6 rings (SSSR count). The summed E-state index contributed by atoms with van der Waals surface area (Å²) in [6.45, 7) is 0. The number of fused-ring (bicyclic) bond motifs is 5. The first-order valence-corrected chi connectivity index (χ1v) is 11.4. The summed E-state index contributed by atoms with van der Waals surface area (Å²) in [6, 6.07) is 28.2. The molecule has 0 saturated heterocycles. The molecule has 1 N–H and O–H groups in total. The average molecular weight is 483 g/mol. The largest absolute Gasteiger partial charge is 0.322 e. The van der Waals surface area contributed by atoms with E-state index >= 15 is 0 Å². The van der Waals surface area contributed by atoms with Crippen LogP contribution >= 0.6 is 23.2 Å². The predicted octanol–water partition coefficient (Wildman–Crippen LogP) is 7.26. The van der Waals surface area contributed by atoms with Gasteiger partial charge in [0.15, 0.2) is 5.65 Å². The van der Waals surface area contributed by atoms with Crippen LogP contribution in [0.3, 0.4) is 0 Å². The zero-order chi connectivity index (χ0) is 23.2. The number of carbonyl (C=O) groups excluding carboxylic acids is 1. The third kappa shape index (κ3) is 3.46. The number of nitrogens with one attached hydrogen (secondary N) is 1. The zero-order valence-corrected chi connectivity index (χ0v) is 19.2. The number of hydrogen-bond donors (Lipinski definition) is 1. The lowest BCUT2D eigenvalue weighted by molar-refractivity contribution is 0.102. The van der Waals surface area contributed by atoms with Gasteiger partial charge in [-0.25, -0.2) is 9.50 Å². The number of aromatic nitrogens is 3. The Morgan fingerprint density at radius 2 is 1.56 bits per heavy atom. The third-order valence-corrected chi connectivity index (χ3v) is 6.33. The van der Waals surface area contributed by atoms with Crippen molar-refractivity contribution in [2.75, 3.05) is 5.32 Å². The fourth-order valence-corrected chi connectivity index (χ4v) is 4.47. The minimum absolute atomic E-state index is 0.276. The van der Waals surface area contributed by atoms with E-state index in [1.807, 2.05) is 71.2 Å². The third-order valence-electron chi connectivity index (χ3n) is 5.75. The summed E-state index contributed by atoms with van der Waals surface area (Å²) in [5.74, 6) is -0.276. The Bertz CT molecular complexity index is 1720. The molecule has 2 aromatic heterocycles. The number of rotatable bonds is 3. The van der Waals surface area contributed by atoms with E-state index in [0.717, 1.165) is 38.7 Å². The Hall–Kier alpha value is -3.93. The number of amides is 1. The number of imidazole rings is 1. The maximum atomic E-state index is 12.7. The minimum Gasteiger partial charge on any atom is -0.322 e. The number of nitrogens with zero attached hydrogens (tertiary/aromatic N) is 3. The fraction of sp³-hybridized carbons (Fsp3) is 0. The van der Waals surface area contributed by atoms with E-state index in [1.165, 1.54) is 0 Å². The van der Waals surface area contributed by atoms with E-state index in [0.29, 0.717) is 21.3 Å². The number of carbonyl (C=O) groups is 1. The number of halogens is 2. The molecule has 0 saturated carbocycles. The Morgan fingerprint density at radius 3 is 2.35 bits per heavy atom. The molecule has 0 aliphatic carbocycles. The molecule has 0 atom stereocenters. The molecule has 164 valence electrons. The first-order valence-electron chi connectivity index (χ1n) is 10.6. The van der Waals surface area contributed by atoms with Gasteiger partial charge in [-0.2, -0.15) is 5.10 Å². The van der Waals surface area contributed by atoms with Crippen molar-refractivity contribution in [3.8, 4) is 11.3 Å². The van der Waals surface area contributed by atoms with E-state index in [2.05, 4.69) is 5.32 Å². The minimum atomic E-state index is -0.276. The van der Waals surface area contributed by atoms with Gasteiger partial charge in [0.05, 0.1) is 27.3 Å². The first kappa shape index (κ1) is 20.7. The lowest BCUT2D eigenvalue weighted by Gasteiger charge is -2.08. The van der Waals surface area contributed by atoms with Crippen LogP contribution in [-0.2, 0) is 0 Å².